The molecule has 0 radical (unpaired) electrons. The van der Waals surface area contributed by atoms with Crippen molar-refractivity contribution < 1.29 is 13.2 Å². The third-order valence-electron chi connectivity index (χ3n) is 3.85. The molecule has 0 atom stereocenters. The Kier molecular flexibility index (Phi) is 5.93. The Balaban J connectivity index is 1.71. The number of benzene rings is 2. The molecule has 0 saturated heterocycles. The summed E-state index contributed by atoms with van der Waals surface area (Å²) < 4.78 is 26.8. The molecule has 28 heavy (non-hydrogen) atoms. The highest BCUT2D eigenvalue weighted by Crippen LogP contribution is 2.24. The van der Waals surface area contributed by atoms with Crippen LogP contribution in [0.3, 0.4) is 0 Å². The van der Waals surface area contributed by atoms with E-state index in [0.29, 0.717) is 11.4 Å². The van der Waals surface area contributed by atoms with Crippen LogP contribution in [0.15, 0.2) is 58.8 Å². The number of hydrogen-bond donors (Lipinski definition) is 2. The molecule has 0 bridgehead atoms. The summed E-state index contributed by atoms with van der Waals surface area (Å²) in [4.78, 5) is 17.0. The largest absolute Gasteiger partial charge is 0.321 e. The van der Waals surface area contributed by atoms with Crippen LogP contribution >= 0.6 is 11.3 Å². The van der Waals surface area contributed by atoms with Crippen molar-refractivity contribution >= 4 is 33.0 Å². The highest BCUT2D eigenvalue weighted by molar-refractivity contribution is 7.89. The Labute approximate surface area is 168 Å². The van der Waals surface area contributed by atoms with Gasteiger partial charge in [-0.15, -0.1) is 11.3 Å². The zero-order chi connectivity index (χ0) is 20.3. The summed E-state index contributed by atoms with van der Waals surface area (Å²) >= 11 is 1.40. The molecule has 3 aromatic rings. The predicted molar refractivity (Wildman–Crippen MR) is 112 cm³/mol. The summed E-state index contributed by atoms with van der Waals surface area (Å²) in [6, 6.07) is 13.8. The van der Waals surface area contributed by atoms with Crippen molar-refractivity contribution in [2.45, 2.75) is 31.7 Å². The molecule has 0 unspecified atom stereocenters. The van der Waals surface area contributed by atoms with Crippen molar-refractivity contribution in [3.8, 4) is 10.6 Å². The number of carbonyl (C=O) groups excluding carboxylic acids is 1. The van der Waals surface area contributed by atoms with E-state index in [4.69, 9.17) is 0 Å². The fourth-order valence-corrected chi connectivity index (χ4v) is 4.55. The van der Waals surface area contributed by atoms with Gasteiger partial charge < -0.3 is 5.32 Å². The second-order valence-electron chi connectivity index (χ2n) is 6.66. The molecule has 0 aliphatic heterocycles. The van der Waals surface area contributed by atoms with Gasteiger partial charge in [-0.25, -0.2) is 18.1 Å². The van der Waals surface area contributed by atoms with Crippen LogP contribution in [0.25, 0.3) is 10.6 Å². The number of thiazole rings is 1. The van der Waals surface area contributed by atoms with E-state index in [0.717, 1.165) is 16.1 Å². The van der Waals surface area contributed by atoms with E-state index in [9.17, 15) is 13.2 Å². The minimum absolute atomic E-state index is 0.148. The number of amides is 1. The molecule has 1 heterocycles. The number of aryl methyl sites for hydroxylation is 1. The van der Waals surface area contributed by atoms with Crippen LogP contribution in [0.4, 0.5) is 5.69 Å². The Morgan fingerprint density at radius 2 is 1.68 bits per heavy atom. The van der Waals surface area contributed by atoms with Crippen LogP contribution in [0.1, 0.15) is 29.9 Å². The lowest BCUT2D eigenvalue weighted by Crippen LogP contribution is -2.30. The number of rotatable bonds is 6. The molecule has 1 aromatic heterocycles. The lowest BCUT2D eigenvalue weighted by atomic mass is 10.2. The molecule has 2 N–H and O–H groups in total. The fraction of sp³-hybridized carbons (Fsp3) is 0.200. The van der Waals surface area contributed by atoms with Crippen LogP contribution in [0.2, 0.25) is 0 Å². The van der Waals surface area contributed by atoms with Crippen molar-refractivity contribution in [2.75, 3.05) is 5.32 Å². The first-order valence-corrected chi connectivity index (χ1v) is 11.1. The minimum atomic E-state index is -3.56. The molecule has 0 aliphatic carbocycles. The maximum Gasteiger partial charge on any atom is 0.275 e. The van der Waals surface area contributed by atoms with E-state index < -0.39 is 10.0 Å². The zero-order valence-corrected chi connectivity index (χ0v) is 17.4. The van der Waals surface area contributed by atoms with Gasteiger partial charge in [0.15, 0.2) is 0 Å². The molecule has 0 saturated carbocycles. The average Bonchev–Trinajstić information content (AvgIpc) is 3.12. The van der Waals surface area contributed by atoms with Gasteiger partial charge in [-0.3, -0.25) is 4.79 Å². The van der Waals surface area contributed by atoms with Gasteiger partial charge in [0, 0.05) is 22.7 Å². The number of sulfonamides is 1. The first kappa shape index (κ1) is 20.2. The summed E-state index contributed by atoms with van der Waals surface area (Å²) in [6.07, 6.45) is 0. The second-order valence-corrected chi connectivity index (χ2v) is 9.23. The van der Waals surface area contributed by atoms with Crippen LogP contribution in [-0.4, -0.2) is 25.4 Å². The third-order valence-corrected chi connectivity index (χ3v) is 6.41. The molecule has 2 aromatic carbocycles. The third kappa shape index (κ3) is 4.83. The number of hydrogen-bond acceptors (Lipinski definition) is 5. The van der Waals surface area contributed by atoms with E-state index >= 15 is 0 Å². The highest BCUT2D eigenvalue weighted by Gasteiger charge is 2.16. The van der Waals surface area contributed by atoms with E-state index in [1.807, 2.05) is 31.2 Å². The van der Waals surface area contributed by atoms with Gasteiger partial charge in [0.2, 0.25) is 10.0 Å². The lowest BCUT2D eigenvalue weighted by molar-refractivity contribution is 0.102. The Hall–Kier alpha value is -2.55. The maximum absolute atomic E-state index is 12.4. The molecule has 0 aliphatic rings. The standard InChI is InChI=1S/C20H21N3O3S2/c1-13(2)23-28(25,26)17-10-8-16(9-11-17)21-19(24)18-12-27-20(22-18)15-6-4-14(3)5-7-15/h4-13,23H,1-3H3,(H,21,24). The molecule has 0 spiro atoms. The van der Waals surface area contributed by atoms with Crippen LogP contribution in [0.5, 0.6) is 0 Å². The first-order chi connectivity index (χ1) is 13.2. The topological polar surface area (TPSA) is 88.2 Å². The van der Waals surface area contributed by atoms with Crippen molar-refractivity contribution in [1.29, 1.82) is 0 Å². The summed E-state index contributed by atoms with van der Waals surface area (Å²) in [6.45, 7) is 5.52. The van der Waals surface area contributed by atoms with Crippen LogP contribution in [0, 0.1) is 6.92 Å². The first-order valence-electron chi connectivity index (χ1n) is 8.71. The quantitative estimate of drug-likeness (QED) is 0.635. The van der Waals surface area contributed by atoms with Gasteiger partial charge in [-0.2, -0.15) is 0 Å². The Morgan fingerprint density at radius 1 is 1.04 bits per heavy atom. The molecule has 0 fully saturated rings. The number of anilines is 1. The minimum Gasteiger partial charge on any atom is -0.321 e. The monoisotopic (exact) mass is 415 g/mol. The summed E-state index contributed by atoms with van der Waals surface area (Å²) in [5.74, 6) is -0.342. The SMILES string of the molecule is Cc1ccc(-c2nc(C(=O)Nc3ccc(S(=O)(=O)NC(C)C)cc3)cs2)cc1. The van der Waals surface area contributed by atoms with Crippen molar-refractivity contribution in [3.05, 3.63) is 65.2 Å². The van der Waals surface area contributed by atoms with Crippen LogP contribution in [-0.2, 0) is 10.0 Å². The van der Waals surface area contributed by atoms with Crippen molar-refractivity contribution in [2.24, 2.45) is 0 Å². The van der Waals surface area contributed by atoms with Gasteiger partial charge in [0.05, 0.1) is 4.90 Å². The zero-order valence-electron chi connectivity index (χ0n) is 15.8. The summed E-state index contributed by atoms with van der Waals surface area (Å²) in [7, 11) is -3.56. The number of nitrogens with one attached hydrogen (secondary N) is 2. The number of nitrogens with zero attached hydrogens (tertiary/aromatic N) is 1. The van der Waals surface area contributed by atoms with Gasteiger partial charge in [0.25, 0.3) is 5.91 Å². The molecule has 3 rings (SSSR count). The van der Waals surface area contributed by atoms with E-state index in [2.05, 4.69) is 15.0 Å². The van der Waals surface area contributed by atoms with E-state index in [1.165, 1.54) is 23.5 Å². The lowest BCUT2D eigenvalue weighted by Gasteiger charge is -2.10. The predicted octanol–water partition coefficient (Wildman–Crippen LogP) is 4.06. The van der Waals surface area contributed by atoms with Crippen molar-refractivity contribution in [3.63, 3.8) is 0 Å². The molecule has 146 valence electrons. The molecular formula is C20H21N3O3S2. The second kappa shape index (κ2) is 8.22. The van der Waals surface area contributed by atoms with Gasteiger partial charge >= 0.3 is 0 Å². The smallest absolute Gasteiger partial charge is 0.275 e. The van der Waals surface area contributed by atoms with E-state index in [-0.39, 0.29) is 16.8 Å². The number of carbonyl (C=O) groups is 1. The molecular weight excluding hydrogens is 394 g/mol. The van der Waals surface area contributed by atoms with Crippen LogP contribution < -0.4 is 10.0 Å². The van der Waals surface area contributed by atoms with Crippen molar-refractivity contribution in [1.82, 2.24) is 9.71 Å². The normalized spacial score (nSPS) is 11.6. The van der Waals surface area contributed by atoms with E-state index in [1.54, 1.807) is 31.4 Å². The average molecular weight is 416 g/mol. The summed E-state index contributed by atoms with van der Waals surface area (Å²) in [5.41, 5.74) is 2.94. The van der Waals surface area contributed by atoms with Gasteiger partial charge in [-0.1, -0.05) is 29.8 Å². The summed E-state index contributed by atoms with van der Waals surface area (Å²) in [5, 5.41) is 5.22. The molecule has 1 amide bonds. The Morgan fingerprint density at radius 3 is 2.29 bits per heavy atom. The van der Waals surface area contributed by atoms with Gasteiger partial charge in [0.1, 0.15) is 10.7 Å². The molecule has 6 nitrogen and oxygen atoms in total. The maximum atomic E-state index is 12.4. The highest BCUT2D eigenvalue weighted by atomic mass is 32.2. The molecule has 8 heteroatoms. The number of aromatic nitrogens is 1. The Bertz CT molecular complexity index is 1070. The fourth-order valence-electron chi connectivity index (χ4n) is 2.50. The van der Waals surface area contributed by atoms with Gasteiger partial charge in [-0.05, 0) is 45.0 Å².